The number of benzene rings is 2. The summed E-state index contributed by atoms with van der Waals surface area (Å²) in [5, 5.41) is 3.95. The summed E-state index contributed by atoms with van der Waals surface area (Å²) in [4.78, 5) is 0.228. The number of hydrogen-bond donors (Lipinski definition) is 1. The van der Waals surface area contributed by atoms with E-state index in [0.717, 1.165) is 22.4 Å². The van der Waals surface area contributed by atoms with Gasteiger partial charge in [-0.25, -0.2) is 13.1 Å². The summed E-state index contributed by atoms with van der Waals surface area (Å²) in [6, 6.07) is 10.7. The molecule has 4 rings (SSSR count). The second kappa shape index (κ2) is 6.96. The Morgan fingerprint density at radius 1 is 1.04 bits per heavy atom. The summed E-state index contributed by atoms with van der Waals surface area (Å²) in [6.45, 7) is 5.73. The van der Waals surface area contributed by atoms with Crippen LogP contribution in [0.5, 0.6) is 11.5 Å². The van der Waals surface area contributed by atoms with Gasteiger partial charge in [0.05, 0.1) is 10.6 Å². The Balaban J connectivity index is 1.61. The molecule has 1 aromatic heterocycles. The Kier molecular flexibility index (Phi) is 4.60. The van der Waals surface area contributed by atoms with Crippen LogP contribution in [0.15, 0.2) is 45.8 Å². The fourth-order valence-electron chi connectivity index (χ4n) is 3.25. The molecule has 0 fully saturated rings. The second-order valence-corrected chi connectivity index (χ2v) is 8.43. The molecule has 1 aliphatic rings. The van der Waals surface area contributed by atoms with Gasteiger partial charge in [0, 0.05) is 12.1 Å². The highest BCUT2D eigenvalue weighted by Crippen LogP contribution is 2.33. The first kappa shape index (κ1) is 18.5. The molecule has 2 aromatic carbocycles. The summed E-state index contributed by atoms with van der Waals surface area (Å²) in [5.41, 5.74) is 3.73. The van der Waals surface area contributed by atoms with Crippen LogP contribution in [-0.2, 0) is 16.6 Å². The van der Waals surface area contributed by atoms with Crippen LogP contribution in [0.4, 0.5) is 0 Å². The highest BCUT2D eigenvalue weighted by atomic mass is 32.2. The van der Waals surface area contributed by atoms with Crippen molar-refractivity contribution in [1.82, 2.24) is 9.88 Å². The van der Waals surface area contributed by atoms with E-state index in [9.17, 15) is 8.42 Å². The molecular weight excluding hydrogens is 380 g/mol. The lowest BCUT2D eigenvalue weighted by molar-refractivity contribution is 0.174. The highest BCUT2D eigenvalue weighted by molar-refractivity contribution is 7.89. The SMILES string of the molecule is Cc1ccc(-c2c(C)noc2C)cc1S(=O)(=O)NCc1ccc2c(c1)OCO2. The molecule has 0 saturated carbocycles. The van der Waals surface area contributed by atoms with Gasteiger partial charge < -0.3 is 14.0 Å². The average Bonchev–Trinajstić information content (AvgIpc) is 3.26. The number of aryl methyl sites for hydroxylation is 3. The molecular formula is C20H20N2O5S. The molecule has 3 aromatic rings. The Morgan fingerprint density at radius 3 is 2.57 bits per heavy atom. The van der Waals surface area contributed by atoms with Crippen molar-refractivity contribution in [2.24, 2.45) is 0 Å². The molecule has 0 bridgehead atoms. The van der Waals surface area contributed by atoms with Crippen LogP contribution in [0.3, 0.4) is 0 Å². The van der Waals surface area contributed by atoms with Gasteiger partial charge in [-0.15, -0.1) is 0 Å². The first-order valence-electron chi connectivity index (χ1n) is 8.77. The van der Waals surface area contributed by atoms with Gasteiger partial charge in [0.1, 0.15) is 5.76 Å². The third kappa shape index (κ3) is 3.36. The molecule has 0 spiro atoms. The summed E-state index contributed by atoms with van der Waals surface area (Å²) in [7, 11) is -3.72. The summed E-state index contributed by atoms with van der Waals surface area (Å²) in [5.74, 6) is 1.93. The van der Waals surface area contributed by atoms with E-state index in [-0.39, 0.29) is 18.2 Å². The van der Waals surface area contributed by atoms with Crippen molar-refractivity contribution < 1.29 is 22.4 Å². The van der Waals surface area contributed by atoms with Crippen LogP contribution in [0.2, 0.25) is 0 Å². The number of fused-ring (bicyclic) bond motifs is 1. The predicted octanol–water partition coefficient (Wildman–Crippen LogP) is 3.47. The summed E-state index contributed by atoms with van der Waals surface area (Å²) in [6.07, 6.45) is 0. The smallest absolute Gasteiger partial charge is 0.241 e. The molecule has 146 valence electrons. The molecule has 7 nitrogen and oxygen atoms in total. The van der Waals surface area contributed by atoms with Crippen molar-refractivity contribution in [2.45, 2.75) is 32.2 Å². The van der Waals surface area contributed by atoms with E-state index < -0.39 is 10.0 Å². The molecule has 0 aliphatic carbocycles. The van der Waals surface area contributed by atoms with Crippen LogP contribution >= 0.6 is 0 Å². The quantitative estimate of drug-likeness (QED) is 0.705. The van der Waals surface area contributed by atoms with E-state index in [4.69, 9.17) is 14.0 Å². The molecule has 0 unspecified atom stereocenters. The van der Waals surface area contributed by atoms with Crippen molar-refractivity contribution in [2.75, 3.05) is 6.79 Å². The van der Waals surface area contributed by atoms with E-state index >= 15 is 0 Å². The van der Waals surface area contributed by atoms with Gasteiger partial charge in [0.2, 0.25) is 16.8 Å². The van der Waals surface area contributed by atoms with E-state index in [0.29, 0.717) is 22.8 Å². The van der Waals surface area contributed by atoms with Gasteiger partial charge >= 0.3 is 0 Å². The van der Waals surface area contributed by atoms with Crippen LogP contribution in [0.25, 0.3) is 11.1 Å². The third-order valence-corrected chi connectivity index (χ3v) is 6.25. The van der Waals surface area contributed by atoms with Crippen LogP contribution in [-0.4, -0.2) is 20.4 Å². The summed E-state index contributed by atoms with van der Waals surface area (Å²) < 4.78 is 44.4. The van der Waals surface area contributed by atoms with E-state index in [1.807, 2.05) is 19.1 Å². The zero-order valence-electron chi connectivity index (χ0n) is 15.8. The first-order chi connectivity index (χ1) is 13.3. The Labute approximate surface area is 163 Å². The Bertz CT molecular complexity index is 1130. The lowest BCUT2D eigenvalue weighted by atomic mass is 10.0. The number of nitrogens with zero attached hydrogens (tertiary/aromatic N) is 1. The Hall–Kier alpha value is -2.84. The van der Waals surface area contributed by atoms with Gasteiger partial charge in [0.25, 0.3) is 0 Å². The van der Waals surface area contributed by atoms with E-state index in [2.05, 4.69) is 9.88 Å². The lowest BCUT2D eigenvalue weighted by Gasteiger charge is -2.12. The normalized spacial score (nSPS) is 13.1. The Morgan fingerprint density at radius 2 is 1.82 bits per heavy atom. The van der Waals surface area contributed by atoms with Crippen molar-refractivity contribution in [3.8, 4) is 22.6 Å². The fraction of sp³-hybridized carbons (Fsp3) is 0.250. The van der Waals surface area contributed by atoms with Crippen LogP contribution in [0.1, 0.15) is 22.6 Å². The molecule has 1 aliphatic heterocycles. The van der Waals surface area contributed by atoms with Crippen molar-refractivity contribution in [3.63, 3.8) is 0 Å². The second-order valence-electron chi connectivity index (χ2n) is 6.69. The fourth-order valence-corrected chi connectivity index (χ4v) is 4.53. The maximum absolute atomic E-state index is 12.9. The number of rotatable bonds is 5. The highest BCUT2D eigenvalue weighted by Gasteiger charge is 2.21. The molecule has 28 heavy (non-hydrogen) atoms. The van der Waals surface area contributed by atoms with Crippen molar-refractivity contribution in [3.05, 3.63) is 59.0 Å². The van der Waals surface area contributed by atoms with Gasteiger partial charge in [-0.3, -0.25) is 0 Å². The van der Waals surface area contributed by atoms with E-state index in [1.165, 1.54) is 0 Å². The zero-order chi connectivity index (χ0) is 19.9. The number of nitrogens with one attached hydrogen (secondary N) is 1. The average molecular weight is 400 g/mol. The summed E-state index contributed by atoms with van der Waals surface area (Å²) >= 11 is 0. The zero-order valence-corrected chi connectivity index (χ0v) is 16.6. The molecule has 0 saturated heterocycles. The first-order valence-corrected chi connectivity index (χ1v) is 10.3. The minimum absolute atomic E-state index is 0.147. The number of ether oxygens (including phenoxy) is 2. The van der Waals surface area contributed by atoms with Crippen molar-refractivity contribution in [1.29, 1.82) is 0 Å². The number of aromatic nitrogens is 1. The van der Waals surface area contributed by atoms with Crippen molar-refractivity contribution >= 4 is 10.0 Å². The van der Waals surface area contributed by atoms with Gasteiger partial charge in [0.15, 0.2) is 11.5 Å². The monoisotopic (exact) mass is 400 g/mol. The number of hydrogen-bond acceptors (Lipinski definition) is 6. The standard InChI is InChI=1S/C20H20N2O5S/c1-12-4-6-16(20-13(2)22-27-14(20)3)9-19(12)28(23,24)21-10-15-5-7-17-18(8-15)26-11-25-17/h4-9,21H,10-11H2,1-3H3. The molecule has 0 radical (unpaired) electrons. The predicted molar refractivity (Wildman–Crippen MR) is 103 cm³/mol. The van der Waals surface area contributed by atoms with Gasteiger partial charge in [-0.1, -0.05) is 23.4 Å². The molecule has 0 amide bonds. The largest absolute Gasteiger partial charge is 0.454 e. The molecule has 0 atom stereocenters. The van der Waals surface area contributed by atoms with Gasteiger partial charge in [-0.2, -0.15) is 0 Å². The van der Waals surface area contributed by atoms with Gasteiger partial charge in [-0.05, 0) is 55.7 Å². The topological polar surface area (TPSA) is 90.7 Å². The molecule has 8 heteroatoms. The number of sulfonamides is 1. The van der Waals surface area contributed by atoms with Crippen LogP contribution < -0.4 is 14.2 Å². The maximum Gasteiger partial charge on any atom is 0.241 e. The maximum atomic E-state index is 12.9. The lowest BCUT2D eigenvalue weighted by Crippen LogP contribution is -2.24. The molecule has 2 heterocycles. The third-order valence-electron chi connectivity index (χ3n) is 4.70. The van der Waals surface area contributed by atoms with E-state index in [1.54, 1.807) is 38.1 Å². The minimum Gasteiger partial charge on any atom is -0.454 e. The van der Waals surface area contributed by atoms with Crippen LogP contribution in [0, 0.1) is 20.8 Å². The molecule has 1 N–H and O–H groups in total. The minimum atomic E-state index is -3.72.